The van der Waals surface area contributed by atoms with Crippen molar-refractivity contribution in [3.05, 3.63) is 77.9 Å². The molecular weight excluding hydrogens is 365 g/mol. The molecule has 3 aromatic rings. The molecule has 1 atom stereocenters. The van der Waals surface area contributed by atoms with Crippen LogP contribution in [0.15, 0.2) is 60.9 Å². The molecule has 0 saturated carbocycles. The number of halogens is 1. The average Bonchev–Trinajstić information content (AvgIpc) is 3.35. The van der Waals surface area contributed by atoms with Gasteiger partial charge in [-0.15, -0.1) is 0 Å². The predicted octanol–water partition coefficient (Wildman–Crippen LogP) is 4.59. The monoisotopic (exact) mass is 389 g/mol. The number of nitrogens with zero attached hydrogens (tertiary/aromatic N) is 3. The summed E-state index contributed by atoms with van der Waals surface area (Å²) in [6, 6.07) is 14.9. The second-order valence-electron chi connectivity index (χ2n) is 7.98. The fourth-order valence-electron chi connectivity index (χ4n) is 4.99. The van der Waals surface area contributed by atoms with E-state index in [9.17, 15) is 9.18 Å². The number of benzene rings is 2. The Bertz CT molecular complexity index is 1040. The molecule has 0 aliphatic carbocycles. The van der Waals surface area contributed by atoms with E-state index in [-0.39, 0.29) is 11.7 Å². The molecule has 4 nitrogen and oxygen atoms in total. The standard InChI is InChI=1S/C24H24FN3O/c25-19-10-8-18(9-11-19)24(13-12-22(29)27-15-4-1-5-16-27)21-7-3-2-6-20(21)23-26-14-17-28(23)24/h2-3,6-11,14,17H,1,4-5,12-13,15-16H2. The number of amides is 1. The van der Waals surface area contributed by atoms with Gasteiger partial charge in [0.2, 0.25) is 5.91 Å². The normalized spacial score (nSPS) is 20.4. The lowest BCUT2D eigenvalue weighted by atomic mass is 9.79. The Morgan fingerprint density at radius 3 is 2.59 bits per heavy atom. The third-order valence-electron chi connectivity index (χ3n) is 6.40. The lowest BCUT2D eigenvalue weighted by molar-refractivity contribution is -0.132. The molecule has 2 aliphatic rings. The number of imidazole rings is 1. The van der Waals surface area contributed by atoms with Gasteiger partial charge in [-0.2, -0.15) is 0 Å². The molecule has 2 aromatic carbocycles. The molecule has 0 radical (unpaired) electrons. The van der Waals surface area contributed by atoms with Gasteiger partial charge in [-0.3, -0.25) is 4.79 Å². The maximum absolute atomic E-state index is 13.7. The smallest absolute Gasteiger partial charge is 0.222 e. The van der Waals surface area contributed by atoms with Crippen molar-refractivity contribution in [1.82, 2.24) is 14.5 Å². The molecule has 0 N–H and O–H groups in total. The largest absolute Gasteiger partial charge is 0.343 e. The Morgan fingerprint density at radius 1 is 1.03 bits per heavy atom. The van der Waals surface area contributed by atoms with Gasteiger partial charge in [-0.05, 0) is 48.9 Å². The summed E-state index contributed by atoms with van der Waals surface area (Å²) in [5, 5.41) is 0. The maximum atomic E-state index is 13.7. The molecule has 3 heterocycles. The molecule has 5 heteroatoms. The molecule has 0 bridgehead atoms. The zero-order chi connectivity index (χ0) is 19.8. The minimum atomic E-state index is -0.554. The summed E-state index contributed by atoms with van der Waals surface area (Å²) >= 11 is 0. The van der Waals surface area contributed by atoms with Crippen molar-refractivity contribution in [3.8, 4) is 11.4 Å². The summed E-state index contributed by atoms with van der Waals surface area (Å²) in [4.78, 5) is 19.6. The van der Waals surface area contributed by atoms with Gasteiger partial charge in [0.15, 0.2) is 0 Å². The molecule has 5 rings (SSSR count). The van der Waals surface area contributed by atoms with E-state index in [1.54, 1.807) is 6.20 Å². The average molecular weight is 389 g/mol. The zero-order valence-electron chi connectivity index (χ0n) is 16.4. The molecule has 1 fully saturated rings. The van der Waals surface area contributed by atoms with E-state index >= 15 is 0 Å². The number of carbonyl (C=O) groups is 1. The topological polar surface area (TPSA) is 38.1 Å². The Balaban J connectivity index is 1.58. The predicted molar refractivity (Wildman–Crippen MR) is 110 cm³/mol. The summed E-state index contributed by atoms with van der Waals surface area (Å²) < 4.78 is 15.9. The third kappa shape index (κ3) is 2.87. The van der Waals surface area contributed by atoms with Crippen LogP contribution in [0.4, 0.5) is 4.39 Å². The number of likely N-dealkylation sites (tertiary alicyclic amines) is 1. The maximum Gasteiger partial charge on any atom is 0.222 e. The van der Waals surface area contributed by atoms with Gasteiger partial charge in [-0.25, -0.2) is 9.37 Å². The minimum Gasteiger partial charge on any atom is -0.343 e. The van der Waals surface area contributed by atoms with Gasteiger partial charge >= 0.3 is 0 Å². The quantitative estimate of drug-likeness (QED) is 0.655. The Labute approximate surface area is 170 Å². The van der Waals surface area contributed by atoms with Crippen molar-refractivity contribution in [2.45, 2.75) is 37.6 Å². The zero-order valence-corrected chi connectivity index (χ0v) is 16.4. The highest BCUT2D eigenvalue weighted by Gasteiger charge is 2.45. The highest BCUT2D eigenvalue weighted by molar-refractivity contribution is 5.77. The number of piperidine rings is 1. The first-order chi connectivity index (χ1) is 14.2. The fraction of sp³-hybridized carbons (Fsp3) is 0.333. The van der Waals surface area contributed by atoms with Crippen LogP contribution >= 0.6 is 0 Å². The molecule has 1 saturated heterocycles. The van der Waals surface area contributed by atoms with Gasteiger partial charge in [0, 0.05) is 37.5 Å². The van der Waals surface area contributed by atoms with Crippen molar-refractivity contribution < 1.29 is 9.18 Å². The molecule has 148 valence electrons. The molecule has 2 aliphatic heterocycles. The first-order valence-electron chi connectivity index (χ1n) is 10.4. The fourth-order valence-corrected chi connectivity index (χ4v) is 4.99. The summed E-state index contributed by atoms with van der Waals surface area (Å²) in [5.41, 5.74) is 2.63. The number of aromatic nitrogens is 2. The number of rotatable bonds is 4. The van der Waals surface area contributed by atoms with Crippen LogP contribution < -0.4 is 0 Å². The van der Waals surface area contributed by atoms with E-state index in [4.69, 9.17) is 0 Å². The molecule has 1 unspecified atom stereocenters. The van der Waals surface area contributed by atoms with Gasteiger partial charge < -0.3 is 9.47 Å². The number of hydrogen-bond acceptors (Lipinski definition) is 2. The van der Waals surface area contributed by atoms with Crippen LogP contribution in [0.3, 0.4) is 0 Å². The van der Waals surface area contributed by atoms with Crippen molar-refractivity contribution in [3.63, 3.8) is 0 Å². The molecule has 29 heavy (non-hydrogen) atoms. The second-order valence-corrected chi connectivity index (χ2v) is 7.98. The van der Waals surface area contributed by atoms with Crippen molar-refractivity contribution >= 4 is 5.91 Å². The van der Waals surface area contributed by atoms with Crippen LogP contribution in [-0.2, 0) is 10.3 Å². The van der Waals surface area contributed by atoms with Crippen LogP contribution in [-0.4, -0.2) is 33.4 Å². The van der Waals surface area contributed by atoms with Crippen molar-refractivity contribution in [2.24, 2.45) is 0 Å². The first kappa shape index (κ1) is 18.1. The summed E-state index contributed by atoms with van der Waals surface area (Å²) in [6.45, 7) is 1.71. The van der Waals surface area contributed by atoms with Gasteiger partial charge in [0.1, 0.15) is 11.6 Å². The first-order valence-corrected chi connectivity index (χ1v) is 10.4. The van der Waals surface area contributed by atoms with Gasteiger partial charge in [-0.1, -0.05) is 36.4 Å². The minimum absolute atomic E-state index is 0.206. The van der Waals surface area contributed by atoms with E-state index in [1.807, 2.05) is 35.4 Å². The van der Waals surface area contributed by atoms with Crippen LogP contribution in [0.1, 0.15) is 43.2 Å². The number of carbonyl (C=O) groups excluding carboxylic acids is 1. The highest BCUT2D eigenvalue weighted by atomic mass is 19.1. The number of hydrogen-bond donors (Lipinski definition) is 0. The van der Waals surface area contributed by atoms with Gasteiger partial charge in [0.25, 0.3) is 0 Å². The van der Waals surface area contributed by atoms with Gasteiger partial charge in [0.05, 0.1) is 5.54 Å². The van der Waals surface area contributed by atoms with E-state index < -0.39 is 5.54 Å². The van der Waals surface area contributed by atoms with E-state index in [1.165, 1.54) is 18.6 Å². The summed E-state index contributed by atoms with van der Waals surface area (Å²) in [5.74, 6) is 0.845. The van der Waals surface area contributed by atoms with E-state index in [0.717, 1.165) is 48.4 Å². The van der Waals surface area contributed by atoms with Crippen LogP contribution in [0, 0.1) is 5.82 Å². The third-order valence-corrected chi connectivity index (χ3v) is 6.40. The Morgan fingerprint density at radius 2 is 1.79 bits per heavy atom. The molecule has 0 spiro atoms. The Kier molecular flexibility index (Phi) is 4.46. The van der Waals surface area contributed by atoms with Crippen LogP contribution in [0.25, 0.3) is 11.4 Å². The summed E-state index contributed by atoms with van der Waals surface area (Å²) in [6.07, 6.45) is 8.22. The molecular formula is C24H24FN3O. The Hall–Kier alpha value is -2.95. The van der Waals surface area contributed by atoms with E-state index in [2.05, 4.69) is 21.7 Å². The second kappa shape index (κ2) is 7.14. The van der Waals surface area contributed by atoms with Crippen molar-refractivity contribution in [2.75, 3.05) is 13.1 Å². The lowest BCUT2D eigenvalue weighted by Crippen LogP contribution is -2.38. The van der Waals surface area contributed by atoms with Crippen LogP contribution in [0.2, 0.25) is 0 Å². The SMILES string of the molecule is O=C(CCC1(c2ccc(F)cc2)c2ccccc2-c2nccn21)N1CCCCC1. The van der Waals surface area contributed by atoms with E-state index in [0.29, 0.717) is 12.8 Å². The molecule has 1 aromatic heterocycles. The lowest BCUT2D eigenvalue weighted by Gasteiger charge is -2.35. The number of fused-ring (bicyclic) bond motifs is 3. The molecule has 1 amide bonds. The van der Waals surface area contributed by atoms with Crippen molar-refractivity contribution in [1.29, 1.82) is 0 Å². The highest BCUT2D eigenvalue weighted by Crippen LogP contribution is 2.49. The van der Waals surface area contributed by atoms with Crippen LogP contribution in [0.5, 0.6) is 0 Å². The summed E-state index contributed by atoms with van der Waals surface area (Å²) in [7, 11) is 0.